The van der Waals surface area contributed by atoms with E-state index >= 15 is 9.59 Å². The van der Waals surface area contributed by atoms with Crippen molar-refractivity contribution in [3.05, 3.63) is 174 Å². The van der Waals surface area contributed by atoms with Gasteiger partial charge in [0.1, 0.15) is 63.9 Å². The lowest BCUT2D eigenvalue weighted by molar-refractivity contribution is -0.142. The maximum atomic E-state index is 15.3. The molecule has 10 N–H and O–H groups in total. The molecule has 0 spiro atoms. The highest BCUT2D eigenvalue weighted by Gasteiger charge is 2.39. The van der Waals surface area contributed by atoms with Crippen LogP contribution in [0.25, 0.3) is 10.9 Å². The number of rotatable bonds is 34. The molecule has 26 heteroatoms. The third kappa shape index (κ3) is 27.7. The Morgan fingerprint density at radius 3 is 1.34 bits per heavy atom. The molecule has 0 fully saturated rings. The maximum absolute atomic E-state index is 15.3. The van der Waals surface area contributed by atoms with Crippen LogP contribution in [0.2, 0.25) is 0 Å². The molecule has 1 aromatic heterocycles. The van der Waals surface area contributed by atoms with Crippen molar-refractivity contribution in [1.82, 2.24) is 52.4 Å². The Hall–Kier alpha value is -10.8. The van der Waals surface area contributed by atoms with E-state index < -0.39 is 143 Å². The molecule has 0 aliphatic carbocycles. The summed E-state index contributed by atoms with van der Waals surface area (Å²) < 4.78 is 23.7. The number of carbonyl (C=O) groups is 11. The minimum atomic E-state index is -1.69. The Labute approximate surface area is 614 Å². The zero-order valence-corrected chi connectivity index (χ0v) is 62.5. The summed E-state index contributed by atoms with van der Waals surface area (Å²) in [5.41, 5.74) is -0.720. The van der Waals surface area contributed by atoms with Crippen molar-refractivity contribution < 1.29 is 76.8 Å². The molecule has 0 aliphatic heterocycles. The van der Waals surface area contributed by atoms with Gasteiger partial charge in [0.15, 0.2) is 0 Å². The highest BCUT2D eigenvalue weighted by Crippen LogP contribution is 2.37. The van der Waals surface area contributed by atoms with E-state index in [1.165, 1.54) is 17.7 Å². The topological polar surface area (TPSA) is 358 Å². The first-order chi connectivity index (χ1) is 49.4. The second-order valence-corrected chi connectivity index (χ2v) is 29.7. The highest BCUT2D eigenvalue weighted by atomic mass is 16.6. The lowest BCUT2D eigenvalue weighted by Gasteiger charge is -2.37. The normalized spacial score (nSPS) is 13.2. The number of amides is 9. The predicted octanol–water partition coefficient (Wildman–Crippen LogP) is 9.31. The number of aliphatic carboxylic acids is 1. The number of nitrogens with zero attached hydrogens (tertiary/aromatic N) is 1. The minimum Gasteiger partial charge on any atom is -0.488 e. The van der Waals surface area contributed by atoms with Crippen molar-refractivity contribution in [3.63, 3.8) is 0 Å². The summed E-state index contributed by atoms with van der Waals surface area (Å²) in [6.07, 6.45) is -1.37. The van der Waals surface area contributed by atoms with E-state index in [9.17, 15) is 48.3 Å². The van der Waals surface area contributed by atoms with Crippen molar-refractivity contribution in [2.75, 3.05) is 19.6 Å². The van der Waals surface area contributed by atoms with Crippen LogP contribution in [-0.4, -0.2) is 148 Å². The second-order valence-electron chi connectivity index (χ2n) is 29.7. The predicted molar refractivity (Wildman–Crippen MR) is 397 cm³/mol. The third-order valence-electron chi connectivity index (χ3n) is 16.0. The Bertz CT molecular complexity index is 3840. The van der Waals surface area contributed by atoms with Gasteiger partial charge in [0.2, 0.25) is 41.4 Å². The van der Waals surface area contributed by atoms with Gasteiger partial charge < -0.3 is 71.9 Å². The Morgan fingerprint density at radius 2 is 0.886 bits per heavy atom. The van der Waals surface area contributed by atoms with Gasteiger partial charge in [-0.2, -0.15) is 0 Å². The molecule has 105 heavy (non-hydrogen) atoms. The van der Waals surface area contributed by atoms with Gasteiger partial charge in [0.25, 0.3) is 0 Å². The Balaban J connectivity index is 1.32. The monoisotopic (exact) mass is 1450 g/mol. The van der Waals surface area contributed by atoms with Crippen molar-refractivity contribution in [1.29, 1.82) is 0 Å². The van der Waals surface area contributed by atoms with Crippen LogP contribution >= 0.6 is 0 Å². The van der Waals surface area contributed by atoms with E-state index in [0.717, 1.165) is 0 Å². The molecular weight excluding hydrogens is 1340 g/mol. The number of hydrogen-bond acceptors (Lipinski definition) is 15. The molecule has 5 atom stereocenters. The summed E-state index contributed by atoms with van der Waals surface area (Å²) >= 11 is 0. The second kappa shape index (κ2) is 38.1. The Morgan fingerprint density at radius 1 is 0.438 bits per heavy atom. The summed E-state index contributed by atoms with van der Waals surface area (Å²) in [5, 5.41) is 35.8. The van der Waals surface area contributed by atoms with Crippen molar-refractivity contribution in [3.8, 4) is 5.75 Å². The standard InChI is InChI=1S/C79H104N10O16/c1-51(90)83-62(47-52-39-41-57(42-40-52)102-75(2,3)4)67(93)82-49-66(92)84-63(48-53-50-89(74(101)105-78(11,12)13)64-38-24-23-35-58(53)64)70(96)86-59(36-25-27-45-80-72(99)103-76(5,6)7)68(94)85-60(37-26-28-46-81-73(100)104-77(8,9)10)69(95)87-61(71(97)98)43-44-65(91)88-79(54-29-17-14-18-30-54,55-31-19-15-20-32-55)56-33-21-16-22-34-56/h14-24,29-35,38-42,50,59-63H,25-28,36-37,43-49H2,1-13H3,(H,80,99)(H,81,100)(H,82,93)(H,83,90)(H,84,92)(H,85,94)(H,86,96)(H,87,95)(H,88,91)(H,97,98)/t59-,60-,61-,62-,63-/m0/s1. The van der Waals surface area contributed by atoms with Crippen molar-refractivity contribution in [2.45, 2.75) is 212 Å². The highest BCUT2D eigenvalue weighted by molar-refractivity contribution is 5.98. The van der Waals surface area contributed by atoms with Gasteiger partial charge in [-0.3, -0.25) is 38.1 Å². The largest absolute Gasteiger partial charge is 0.488 e. The van der Waals surface area contributed by atoms with E-state index in [1.807, 2.05) is 112 Å². The number of alkyl carbamates (subject to hydrolysis) is 2. The first kappa shape index (κ1) is 83.2. The van der Waals surface area contributed by atoms with Crippen LogP contribution in [0.3, 0.4) is 0 Å². The zero-order chi connectivity index (χ0) is 77.3. The van der Waals surface area contributed by atoms with Crippen LogP contribution in [0.1, 0.15) is 169 Å². The number of carbonyl (C=O) groups excluding carboxylic acids is 10. The third-order valence-corrected chi connectivity index (χ3v) is 16.0. The number of nitrogens with one attached hydrogen (secondary N) is 9. The number of carboxylic acid groups (broad SMARTS) is 1. The molecule has 566 valence electrons. The molecule has 26 nitrogen and oxygen atoms in total. The summed E-state index contributed by atoms with van der Waals surface area (Å²) in [5.74, 6) is -6.45. The van der Waals surface area contributed by atoms with Crippen LogP contribution in [-0.2, 0) is 70.9 Å². The fourth-order valence-electron chi connectivity index (χ4n) is 11.5. The number of para-hydroxylation sites is 1. The van der Waals surface area contributed by atoms with Gasteiger partial charge in [0, 0.05) is 50.9 Å². The molecule has 0 saturated heterocycles. The van der Waals surface area contributed by atoms with Gasteiger partial charge in [-0.1, -0.05) is 121 Å². The lowest BCUT2D eigenvalue weighted by Crippen LogP contribution is -2.58. The number of carboxylic acids is 1. The Kier molecular flexibility index (Phi) is 30.2. The number of unbranched alkanes of at least 4 members (excludes halogenated alkanes) is 2. The van der Waals surface area contributed by atoms with Crippen LogP contribution in [0.5, 0.6) is 5.75 Å². The molecule has 5 aromatic carbocycles. The maximum Gasteiger partial charge on any atom is 0.419 e. The smallest absolute Gasteiger partial charge is 0.419 e. The van der Waals surface area contributed by atoms with E-state index in [0.29, 0.717) is 44.5 Å². The molecule has 0 radical (unpaired) electrons. The summed E-state index contributed by atoms with van der Waals surface area (Å²) in [6, 6.07) is 34.1. The number of benzene rings is 5. The summed E-state index contributed by atoms with van der Waals surface area (Å²) in [7, 11) is 0. The average molecular weight is 1450 g/mol. The number of aromatic nitrogens is 1. The molecule has 0 saturated carbocycles. The molecule has 6 aromatic rings. The average Bonchev–Trinajstić information content (AvgIpc) is 1.18. The summed E-state index contributed by atoms with van der Waals surface area (Å²) in [4.78, 5) is 153. The van der Waals surface area contributed by atoms with Crippen LogP contribution < -0.4 is 52.6 Å². The molecule has 0 unspecified atom stereocenters. The van der Waals surface area contributed by atoms with Crippen LogP contribution in [0, 0.1) is 0 Å². The van der Waals surface area contributed by atoms with E-state index in [1.54, 1.807) is 111 Å². The first-order valence-electron chi connectivity index (χ1n) is 35.4. The lowest BCUT2D eigenvalue weighted by atomic mass is 9.77. The molecule has 9 amide bonds. The molecular formula is C79H104N10O16. The fourth-order valence-corrected chi connectivity index (χ4v) is 11.5. The van der Waals surface area contributed by atoms with Gasteiger partial charge in [-0.05, 0) is 174 Å². The van der Waals surface area contributed by atoms with Gasteiger partial charge in [-0.25, -0.2) is 19.2 Å². The fraction of sp³-hybridized carbons (Fsp3) is 0.456. The van der Waals surface area contributed by atoms with Gasteiger partial charge in [0.05, 0.1) is 12.1 Å². The first-order valence-corrected chi connectivity index (χ1v) is 35.4. The van der Waals surface area contributed by atoms with E-state index in [2.05, 4.69) is 47.9 Å². The SMILES string of the molecule is CC(=O)N[C@@H](Cc1ccc(OC(C)(C)C)cc1)C(=O)NCC(=O)N[C@@H](Cc1cn(C(=O)OC(C)(C)C)c2ccccc12)C(=O)N[C@@H](CCCCNC(=O)OC(C)(C)C)C(=O)N[C@@H](CCCCNC(=O)OC(C)(C)C)C(=O)N[C@@H](CCC(=O)NC(c1ccccc1)(c1ccccc1)c1ccccc1)C(=O)O. The van der Waals surface area contributed by atoms with E-state index in [4.69, 9.17) is 18.9 Å². The van der Waals surface area contributed by atoms with Crippen LogP contribution in [0.4, 0.5) is 14.4 Å². The van der Waals surface area contributed by atoms with Crippen LogP contribution in [0.15, 0.2) is 146 Å². The molecule has 6 rings (SSSR count). The summed E-state index contributed by atoms with van der Waals surface area (Å²) in [6.45, 7) is 21.6. The van der Waals surface area contributed by atoms with E-state index in [-0.39, 0.29) is 64.5 Å². The van der Waals surface area contributed by atoms with Gasteiger partial charge >= 0.3 is 24.2 Å². The molecule has 1 heterocycles. The number of hydrogen-bond donors (Lipinski definition) is 10. The number of ether oxygens (including phenoxy) is 4. The van der Waals surface area contributed by atoms with Gasteiger partial charge in [-0.15, -0.1) is 0 Å². The van der Waals surface area contributed by atoms with Crippen molar-refractivity contribution >= 4 is 76.5 Å². The number of fused-ring (bicyclic) bond motifs is 1. The molecule has 0 bridgehead atoms. The zero-order valence-electron chi connectivity index (χ0n) is 62.5. The molecule has 0 aliphatic rings. The van der Waals surface area contributed by atoms with Crippen molar-refractivity contribution in [2.24, 2.45) is 0 Å². The minimum absolute atomic E-state index is 0.0179. The quantitative estimate of drug-likeness (QED) is 0.0102.